The van der Waals surface area contributed by atoms with Crippen molar-refractivity contribution in [3.05, 3.63) is 35.9 Å². The first-order valence-corrected chi connectivity index (χ1v) is 11.1. The van der Waals surface area contributed by atoms with Gasteiger partial charge in [-0.1, -0.05) is 48.6 Å². The van der Waals surface area contributed by atoms with E-state index in [-0.39, 0.29) is 23.7 Å². The monoisotopic (exact) mass is 413 g/mol. The highest BCUT2D eigenvalue weighted by Gasteiger charge is 2.30. The summed E-state index contributed by atoms with van der Waals surface area (Å²) in [5.41, 5.74) is 1.23. The molecule has 2 saturated heterocycles. The first-order chi connectivity index (χ1) is 14.1. The van der Waals surface area contributed by atoms with Crippen LogP contribution in [0.3, 0.4) is 0 Å². The largest absolute Gasteiger partial charge is 0.355 e. The number of anilines is 2. The van der Waals surface area contributed by atoms with Crippen molar-refractivity contribution in [2.45, 2.75) is 38.5 Å². The van der Waals surface area contributed by atoms with Crippen LogP contribution in [0, 0.1) is 5.92 Å². The van der Waals surface area contributed by atoms with Crippen molar-refractivity contribution >= 4 is 33.4 Å². The lowest BCUT2D eigenvalue weighted by Gasteiger charge is -2.31. The molecule has 2 aromatic rings. The fourth-order valence-electron chi connectivity index (χ4n) is 3.96. The normalized spacial score (nSPS) is 20.7. The van der Waals surface area contributed by atoms with E-state index in [1.54, 1.807) is 4.90 Å². The van der Waals surface area contributed by atoms with Gasteiger partial charge in [0.25, 0.3) is 0 Å². The van der Waals surface area contributed by atoms with E-state index in [0.717, 1.165) is 37.5 Å². The fourth-order valence-corrected chi connectivity index (χ4v) is 4.88. The summed E-state index contributed by atoms with van der Waals surface area (Å²) in [4.78, 5) is 28.5. The van der Waals surface area contributed by atoms with Gasteiger partial charge in [0.2, 0.25) is 22.1 Å². The summed E-state index contributed by atoms with van der Waals surface area (Å²) in [6.45, 7) is 5.00. The third-order valence-electron chi connectivity index (χ3n) is 5.72. The Balaban J connectivity index is 1.33. The van der Waals surface area contributed by atoms with Crippen molar-refractivity contribution in [1.29, 1.82) is 0 Å². The van der Waals surface area contributed by atoms with Crippen LogP contribution in [0.4, 0.5) is 10.3 Å². The molecule has 29 heavy (non-hydrogen) atoms. The summed E-state index contributed by atoms with van der Waals surface area (Å²) < 4.78 is 0. The molecule has 0 radical (unpaired) electrons. The number of carbonyl (C=O) groups is 2. The van der Waals surface area contributed by atoms with Gasteiger partial charge in [-0.2, -0.15) is 0 Å². The van der Waals surface area contributed by atoms with Gasteiger partial charge in [0.15, 0.2) is 0 Å². The number of nitrogens with one attached hydrogen (secondary N) is 1. The van der Waals surface area contributed by atoms with Crippen molar-refractivity contribution < 1.29 is 9.59 Å². The summed E-state index contributed by atoms with van der Waals surface area (Å²) in [5, 5.41) is 13.1. The van der Waals surface area contributed by atoms with E-state index < -0.39 is 0 Å². The Labute approximate surface area is 175 Å². The lowest BCUT2D eigenvalue weighted by atomic mass is 9.96. The number of hydrogen-bond donors (Lipinski definition) is 1. The number of hydrogen-bond acceptors (Lipinski definition) is 6. The Morgan fingerprint density at radius 2 is 2.00 bits per heavy atom. The van der Waals surface area contributed by atoms with Gasteiger partial charge < -0.3 is 10.2 Å². The molecule has 0 bridgehead atoms. The van der Waals surface area contributed by atoms with Gasteiger partial charge in [0.1, 0.15) is 0 Å². The molecular formula is C21H27N5O2S. The maximum absolute atomic E-state index is 12.7. The smallest absolute Gasteiger partial charge is 0.228 e. The number of piperidine rings is 1. The van der Waals surface area contributed by atoms with Crippen LogP contribution in [0.5, 0.6) is 0 Å². The van der Waals surface area contributed by atoms with Crippen LogP contribution >= 0.6 is 11.3 Å². The maximum Gasteiger partial charge on any atom is 0.228 e. The van der Waals surface area contributed by atoms with E-state index in [9.17, 15) is 9.59 Å². The second-order valence-corrected chi connectivity index (χ2v) is 8.79. The molecule has 1 N–H and O–H groups in total. The molecule has 0 saturated carbocycles. The van der Waals surface area contributed by atoms with Crippen LogP contribution in [0.2, 0.25) is 0 Å². The molecular weight excluding hydrogens is 386 g/mol. The molecule has 8 heteroatoms. The lowest BCUT2D eigenvalue weighted by molar-refractivity contribution is -0.125. The van der Waals surface area contributed by atoms with Crippen LogP contribution in [-0.2, 0) is 9.59 Å². The number of aromatic nitrogens is 2. The Bertz CT molecular complexity index is 856. The number of benzene rings is 1. The summed E-state index contributed by atoms with van der Waals surface area (Å²) >= 11 is 1.45. The predicted molar refractivity (Wildman–Crippen MR) is 114 cm³/mol. The first-order valence-electron chi connectivity index (χ1n) is 10.3. The zero-order valence-electron chi connectivity index (χ0n) is 16.7. The van der Waals surface area contributed by atoms with Gasteiger partial charge in [0, 0.05) is 32.6 Å². The minimum Gasteiger partial charge on any atom is -0.355 e. The summed E-state index contributed by atoms with van der Waals surface area (Å²) in [5.74, 6) is 0.462. The fraction of sp³-hybridized carbons (Fsp3) is 0.524. The molecule has 2 fully saturated rings. The average molecular weight is 414 g/mol. The van der Waals surface area contributed by atoms with Crippen LogP contribution in [0.25, 0.3) is 0 Å². The Morgan fingerprint density at radius 1 is 1.21 bits per heavy atom. The third-order valence-corrected chi connectivity index (χ3v) is 6.73. The van der Waals surface area contributed by atoms with Crippen LogP contribution in [0.15, 0.2) is 30.3 Å². The second-order valence-electron chi connectivity index (χ2n) is 7.86. The van der Waals surface area contributed by atoms with Crippen LogP contribution in [-0.4, -0.2) is 48.2 Å². The van der Waals surface area contributed by atoms with Crippen molar-refractivity contribution in [2.75, 3.05) is 36.0 Å². The van der Waals surface area contributed by atoms with E-state index in [0.29, 0.717) is 24.6 Å². The van der Waals surface area contributed by atoms with Gasteiger partial charge in [-0.25, -0.2) is 0 Å². The van der Waals surface area contributed by atoms with Crippen LogP contribution in [0.1, 0.15) is 44.1 Å². The van der Waals surface area contributed by atoms with E-state index in [1.807, 2.05) is 18.2 Å². The molecule has 0 aliphatic carbocycles. The molecule has 154 valence electrons. The topological polar surface area (TPSA) is 78.4 Å². The first kappa shape index (κ1) is 19.8. The molecule has 3 heterocycles. The molecule has 7 nitrogen and oxygen atoms in total. The molecule has 0 spiro atoms. The highest BCUT2D eigenvalue weighted by molar-refractivity contribution is 7.19. The minimum absolute atomic E-state index is 0.0486. The zero-order chi connectivity index (χ0) is 20.2. The van der Waals surface area contributed by atoms with Crippen molar-refractivity contribution in [3.8, 4) is 0 Å². The zero-order valence-corrected chi connectivity index (χ0v) is 17.5. The molecule has 2 amide bonds. The lowest BCUT2D eigenvalue weighted by Crippen LogP contribution is -2.43. The third kappa shape index (κ3) is 4.58. The number of carbonyl (C=O) groups excluding carboxylic acids is 2. The van der Waals surface area contributed by atoms with Crippen molar-refractivity contribution in [2.24, 2.45) is 5.92 Å². The van der Waals surface area contributed by atoms with E-state index in [4.69, 9.17) is 0 Å². The summed E-state index contributed by atoms with van der Waals surface area (Å²) in [6.07, 6.45) is 3.30. The Kier molecular flexibility index (Phi) is 6.08. The standard InChI is InChI=1S/C21H27N5O2S/c1-15(16-7-3-2-4-8-16)13-22-19(28)17-9-5-11-25(14-17)20-23-24-21(29-20)26-12-6-10-18(26)27/h2-4,7-8,15,17H,5-6,9-14H2,1H3,(H,22,28)/t15-,17-/m0/s1. The minimum atomic E-state index is -0.0486. The molecule has 2 atom stereocenters. The molecule has 1 aromatic carbocycles. The predicted octanol–water partition coefficient (Wildman–Crippen LogP) is 2.80. The Morgan fingerprint density at radius 3 is 2.76 bits per heavy atom. The summed E-state index contributed by atoms with van der Waals surface area (Å²) in [6, 6.07) is 10.2. The highest BCUT2D eigenvalue weighted by Crippen LogP contribution is 2.32. The molecule has 2 aliphatic heterocycles. The molecule has 4 rings (SSSR count). The van der Waals surface area contributed by atoms with Gasteiger partial charge in [0.05, 0.1) is 5.92 Å². The summed E-state index contributed by atoms with van der Waals surface area (Å²) in [7, 11) is 0. The number of amides is 2. The quantitative estimate of drug-likeness (QED) is 0.788. The number of rotatable bonds is 6. The molecule has 0 unspecified atom stereocenters. The highest BCUT2D eigenvalue weighted by atomic mass is 32.1. The van der Waals surface area contributed by atoms with E-state index >= 15 is 0 Å². The maximum atomic E-state index is 12.7. The Hall–Kier alpha value is -2.48. The van der Waals surface area contributed by atoms with Crippen molar-refractivity contribution in [3.63, 3.8) is 0 Å². The van der Waals surface area contributed by atoms with Gasteiger partial charge in [-0.05, 0) is 30.7 Å². The van der Waals surface area contributed by atoms with Gasteiger partial charge in [-0.3, -0.25) is 14.5 Å². The van der Waals surface area contributed by atoms with E-state index in [1.165, 1.54) is 16.9 Å². The molecule has 2 aliphatic rings. The number of nitrogens with zero attached hydrogens (tertiary/aromatic N) is 4. The van der Waals surface area contributed by atoms with Crippen molar-refractivity contribution in [1.82, 2.24) is 15.5 Å². The van der Waals surface area contributed by atoms with Crippen LogP contribution < -0.4 is 15.1 Å². The second kappa shape index (κ2) is 8.90. The van der Waals surface area contributed by atoms with E-state index in [2.05, 4.69) is 39.5 Å². The van der Waals surface area contributed by atoms with Gasteiger partial charge >= 0.3 is 0 Å². The molecule has 1 aromatic heterocycles. The van der Waals surface area contributed by atoms with Gasteiger partial charge in [-0.15, -0.1) is 10.2 Å². The SMILES string of the molecule is C[C@@H](CNC(=O)[C@H]1CCCN(c2nnc(N3CCCC3=O)s2)C1)c1ccccc1. The average Bonchev–Trinajstić information content (AvgIpc) is 3.41.